The fourth-order valence-corrected chi connectivity index (χ4v) is 6.50. The van der Waals surface area contributed by atoms with Crippen LogP contribution in [0, 0.1) is 11.8 Å². The summed E-state index contributed by atoms with van der Waals surface area (Å²) in [6, 6.07) is 18.8. The van der Waals surface area contributed by atoms with Crippen molar-refractivity contribution < 1.29 is 19.1 Å². The molecule has 3 aromatic carbocycles. The first-order valence-corrected chi connectivity index (χ1v) is 13.0. The number of imide groups is 1. The predicted molar refractivity (Wildman–Crippen MR) is 142 cm³/mol. The van der Waals surface area contributed by atoms with Gasteiger partial charge in [-0.25, -0.2) is 4.90 Å². The van der Waals surface area contributed by atoms with E-state index < -0.39 is 23.9 Å². The Labute approximate surface area is 224 Å². The zero-order chi connectivity index (χ0) is 25.1. The Balaban J connectivity index is 1.48. The standard InChI is InChI=1S/C28H20Br2N2O4/c1-36-21-11-6-16(14-20(21)30)26(33)25-23-22(24-19-5-3-2-4-15(19)12-13-31(24)25)27(34)32(28(23)35)18-9-7-17(29)8-10-18/h2-14,22-25H,1H3/t22-,23-,24+,25+/m1/s1. The number of methoxy groups -OCH3 is 1. The second-order valence-electron chi connectivity index (χ2n) is 9.03. The average Bonchev–Trinajstić information content (AvgIpc) is 3.36. The SMILES string of the molecule is COc1ccc(C(=O)[C@@H]2[C@@H]3C(=O)N(c4ccc(Br)cc4)C(=O)[C@H]3[C@@H]3c4ccccc4C=CN23)cc1Br. The number of rotatable bonds is 4. The number of amides is 2. The normalized spacial score (nSPS) is 24.0. The van der Waals surface area contributed by atoms with Crippen LogP contribution in [0.5, 0.6) is 5.75 Å². The summed E-state index contributed by atoms with van der Waals surface area (Å²) in [5.41, 5.74) is 2.88. The quantitative estimate of drug-likeness (QED) is 0.285. The molecule has 0 saturated carbocycles. The fourth-order valence-electron chi connectivity index (χ4n) is 5.69. The number of fused-ring (bicyclic) bond motifs is 5. The van der Waals surface area contributed by atoms with E-state index in [2.05, 4.69) is 31.9 Å². The second-order valence-corrected chi connectivity index (χ2v) is 10.8. The molecule has 2 saturated heterocycles. The Hall–Kier alpha value is -3.23. The number of ether oxygens (including phenoxy) is 1. The summed E-state index contributed by atoms with van der Waals surface area (Å²) >= 11 is 6.87. The Morgan fingerprint density at radius 1 is 0.917 bits per heavy atom. The molecule has 8 heteroatoms. The minimum atomic E-state index is -0.818. The molecule has 180 valence electrons. The average molecular weight is 608 g/mol. The molecule has 3 heterocycles. The van der Waals surface area contributed by atoms with Crippen LogP contribution >= 0.6 is 31.9 Å². The Bertz CT molecular complexity index is 1450. The third kappa shape index (κ3) is 3.38. The molecular weight excluding hydrogens is 588 g/mol. The number of hydrogen-bond acceptors (Lipinski definition) is 5. The molecular formula is C28H20Br2N2O4. The summed E-state index contributed by atoms with van der Waals surface area (Å²) in [7, 11) is 1.56. The van der Waals surface area contributed by atoms with Gasteiger partial charge in [0, 0.05) is 16.2 Å². The third-order valence-electron chi connectivity index (χ3n) is 7.25. The van der Waals surface area contributed by atoms with E-state index in [0.29, 0.717) is 21.5 Å². The van der Waals surface area contributed by atoms with Crippen molar-refractivity contribution in [2.75, 3.05) is 12.0 Å². The number of ketones is 1. The number of hydrogen-bond donors (Lipinski definition) is 0. The first-order valence-electron chi connectivity index (χ1n) is 11.5. The molecule has 2 fully saturated rings. The van der Waals surface area contributed by atoms with Crippen molar-refractivity contribution in [1.29, 1.82) is 0 Å². The number of carbonyl (C=O) groups is 3. The molecule has 3 aliphatic rings. The third-order valence-corrected chi connectivity index (χ3v) is 8.40. The van der Waals surface area contributed by atoms with Crippen molar-refractivity contribution in [2.45, 2.75) is 12.1 Å². The van der Waals surface area contributed by atoms with Crippen LogP contribution in [0.25, 0.3) is 6.08 Å². The van der Waals surface area contributed by atoms with Gasteiger partial charge in [-0.3, -0.25) is 14.4 Å². The number of nitrogens with zero attached hydrogens (tertiary/aromatic N) is 2. The smallest absolute Gasteiger partial charge is 0.240 e. The minimum absolute atomic E-state index is 0.210. The van der Waals surface area contributed by atoms with Gasteiger partial charge in [-0.05, 0) is 75.6 Å². The van der Waals surface area contributed by atoms with E-state index in [9.17, 15) is 14.4 Å². The largest absolute Gasteiger partial charge is 0.496 e. The first-order chi connectivity index (χ1) is 17.4. The maximum absolute atomic E-state index is 14.0. The Morgan fingerprint density at radius 3 is 2.36 bits per heavy atom. The molecule has 0 spiro atoms. The van der Waals surface area contributed by atoms with Gasteiger partial charge in [0.2, 0.25) is 11.8 Å². The molecule has 0 N–H and O–H groups in total. The lowest BCUT2D eigenvalue weighted by molar-refractivity contribution is -0.123. The highest BCUT2D eigenvalue weighted by atomic mass is 79.9. The van der Waals surface area contributed by atoms with Crippen LogP contribution in [-0.2, 0) is 9.59 Å². The van der Waals surface area contributed by atoms with Crippen molar-refractivity contribution in [2.24, 2.45) is 11.8 Å². The summed E-state index contributed by atoms with van der Waals surface area (Å²) in [4.78, 5) is 45.0. The molecule has 3 aliphatic heterocycles. The predicted octanol–water partition coefficient (Wildman–Crippen LogP) is 5.62. The molecule has 2 amide bonds. The number of benzene rings is 3. The zero-order valence-corrected chi connectivity index (χ0v) is 22.3. The van der Waals surface area contributed by atoms with Gasteiger partial charge in [0.25, 0.3) is 0 Å². The van der Waals surface area contributed by atoms with E-state index in [1.807, 2.05) is 41.4 Å². The van der Waals surface area contributed by atoms with E-state index in [0.717, 1.165) is 15.6 Å². The summed E-state index contributed by atoms with van der Waals surface area (Å²) in [6.45, 7) is 0. The van der Waals surface area contributed by atoms with Crippen LogP contribution in [0.1, 0.15) is 27.5 Å². The lowest BCUT2D eigenvalue weighted by atomic mass is 9.83. The van der Waals surface area contributed by atoms with Crippen LogP contribution < -0.4 is 9.64 Å². The summed E-state index contributed by atoms with van der Waals surface area (Å²) in [6.07, 6.45) is 3.80. The van der Waals surface area contributed by atoms with Crippen LogP contribution in [0.2, 0.25) is 0 Å². The maximum atomic E-state index is 14.0. The van der Waals surface area contributed by atoms with Crippen molar-refractivity contribution in [3.8, 4) is 5.75 Å². The number of halogens is 2. The number of Topliss-reactive ketones (excluding diaryl/α,β-unsaturated/α-hetero) is 1. The monoisotopic (exact) mass is 606 g/mol. The van der Waals surface area contributed by atoms with Crippen LogP contribution in [0.15, 0.2) is 81.9 Å². The van der Waals surface area contributed by atoms with E-state index in [1.165, 1.54) is 4.90 Å². The molecule has 0 radical (unpaired) electrons. The Kier molecular flexibility index (Phi) is 5.61. The molecule has 0 aliphatic carbocycles. The number of carbonyl (C=O) groups excluding carboxylic acids is 3. The van der Waals surface area contributed by atoms with Crippen LogP contribution in [0.4, 0.5) is 5.69 Å². The van der Waals surface area contributed by atoms with Gasteiger partial charge in [-0.1, -0.05) is 40.2 Å². The summed E-state index contributed by atoms with van der Waals surface area (Å²) < 4.78 is 6.81. The van der Waals surface area contributed by atoms with Crippen LogP contribution in [-0.4, -0.2) is 35.6 Å². The van der Waals surface area contributed by atoms with E-state index >= 15 is 0 Å². The van der Waals surface area contributed by atoms with E-state index in [4.69, 9.17) is 4.74 Å². The molecule has 0 aromatic heterocycles. The molecule has 36 heavy (non-hydrogen) atoms. The molecule has 3 aromatic rings. The molecule has 0 bridgehead atoms. The van der Waals surface area contributed by atoms with Gasteiger partial charge < -0.3 is 9.64 Å². The van der Waals surface area contributed by atoms with Gasteiger partial charge in [-0.15, -0.1) is 0 Å². The van der Waals surface area contributed by atoms with Crippen molar-refractivity contribution in [3.05, 3.63) is 98.6 Å². The lowest BCUT2D eigenvalue weighted by Crippen LogP contribution is -2.44. The fraction of sp³-hybridized carbons (Fsp3) is 0.179. The van der Waals surface area contributed by atoms with Gasteiger partial charge >= 0.3 is 0 Å². The molecule has 4 atom stereocenters. The van der Waals surface area contributed by atoms with Gasteiger partial charge in [0.1, 0.15) is 11.8 Å². The van der Waals surface area contributed by atoms with E-state index in [-0.39, 0.29) is 17.6 Å². The molecule has 6 rings (SSSR count). The minimum Gasteiger partial charge on any atom is -0.496 e. The van der Waals surface area contributed by atoms with Crippen molar-refractivity contribution >= 4 is 61.2 Å². The first kappa shape index (κ1) is 23.2. The number of anilines is 1. The highest BCUT2D eigenvalue weighted by molar-refractivity contribution is 9.10. The highest BCUT2D eigenvalue weighted by Crippen LogP contribution is 2.53. The van der Waals surface area contributed by atoms with Gasteiger partial charge in [0.15, 0.2) is 5.78 Å². The molecule has 6 nitrogen and oxygen atoms in total. The van der Waals surface area contributed by atoms with Gasteiger partial charge in [-0.2, -0.15) is 0 Å². The van der Waals surface area contributed by atoms with E-state index in [1.54, 1.807) is 49.6 Å². The summed E-state index contributed by atoms with van der Waals surface area (Å²) in [5.74, 6) is -1.72. The van der Waals surface area contributed by atoms with Crippen LogP contribution in [0.3, 0.4) is 0 Å². The Morgan fingerprint density at radius 2 is 1.64 bits per heavy atom. The molecule has 0 unspecified atom stereocenters. The topological polar surface area (TPSA) is 66.9 Å². The second kappa shape index (κ2) is 8.71. The van der Waals surface area contributed by atoms with Crippen molar-refractivity contribution in [3.63, 3.8) is 0 Å². The highest BCUT2D eigenvalue weighted by Gasteiger charge is 2.64. The van der Waals surface area contributed by atoms with Crippen molar-refractivity contribution in [1.82, 2.24) is 4.90 Å². The lowest BCUT2D eigenvalue weighted by Gasteiger charge is -2.35. The van der Waals surface area contributed by atoms with Gasteiger partial charge in [0.05, 0.1) is 35.1 Å². The zero-order valence-electron chi connectivity index (χ0n) is 19.1. The summed E-state index contributed by atoms with van der Waals surface area (Å²) in [5, 5.41) is 0. The maximum Gasteiger partial charge on any atom is 0.240 e.